The van der Waals surface area contributed by atoms with E-state index >= 15 is 0 Å². The lowest BCUT2D eigenvalue weighted by Gasteiger charge is -2.40. The van der Waals surface area contributed by atoms with Crippen LogP contribution >= 0.6 is 23.3 Å². The van der Waals surface area contributed by atoms with Crippen LogP contribution < -0.4 is 9.46 Å². The Bertz CT molecular complexity index is 1260. The molecule has 0 saturated heterocycles. The van der Waals surface area contributed by atoms with Gasteiger partial charge in [0.15, 0.2) is 0 Å². The lowest BCUT2D eigenvalue weighted by molar-refractivity contribution is -0.185. The SMILES string of the molecule is COc1cc(C(=O)O)c(F)cc1NSc1csc(-c2ccc(C3(CO)CCC(C(F)(F)F)CC3)cc2)n1. The summed E-state index contributed by atoms with van der Waals surface area (Å²) in [6.07, 6.45) is -3.66. The van der Waals surface area contributed by atoms with Crippen molar-refractivity contribution in [2.75, 3.05) is 18.4 Å². The number of rotatable bonds is 8. The molecular formula is C25H24F4N2O4S2. The molecule has 0 amide bonds. The molecule has 1 heterocycles. The first-order chi connectivity index (χ1) is 17.6. The Kier molecular flexibility index (Phi) is 8.00. The highest BCUT2D eigenvalue weighted by Crippen LogP contribution is 2.46. The number of alkyl halides is 3. The number of aliphatic hydroxyl groups is 1. The van der Waals surface area contributed by atoms with E-state index in [9.17, 15) is 27.5 Å². The highest BCUT2D eigenvalue weighted by molar-refractivity contribution is 8.00. The third-order valence-corrected chi connectivity index (χ3v) is 8.50. The number of carboxylic acids is 1. The van der Waals surface area contributed by atoms with E-state index < -0.39 is 34.9 Å². The van der Waals surface area contributed by atoms with Crippen molar-refractivity contribution in [1.29, 1.82) is 0 Å². The van der Waals surface area contributed by atoms with Crippen LogP contribution in [0.4, 0.5) is 23.2 Å². The number of anilines is 1. The molecule has 1 saturated carbocycles. The second-order valence-corrected chi connectivity index (χ2v) is 10.5. The van der Waals surface area contributed by atoms with Crippen molar-refractivity contribution in [2.45, 2.75) is 42.3 Å². The molecular weight excluding hydrogens is 532 g/mol. The molecule has 198 valence electrons. The average Bonchev–Trinajstić information content (AvgIpc) is 3.36. The molecule has 0 unspecified atom stereocenters. The van der Waals surface area contributed by atoms with Gasteiger partial charge in [-0.15, -0.1) is 11.3 Å². The molecule has 4 rings (SSSR count). The molecule has 37 heavy (non-hydrogen) atoms. The van der Waals surface area contributed by atoms with E-state index in [0.29, 0.717) is 10.0 Å². The number of carbonyl (C=O) groups is 1. The molecule has 1 fully saturated rings. The van der Waals surface area contributed by atoms with E-state index in [2.05, 4.69) is 9.71 Å². The van der Waals surface area contributed by atoms with Crippen molar-refractivity contribution < 1.29 is 37.3 Å². The number of hydrogen-bond donors (Lipinski definition) is 3. The standard InChI is InChI=1S/C25H24F4N2O4S2/c1-35-20-10-17(23(33)34)18(26)11-19(20)31-37-21-12-36-22(30-21)14-2-4-15(5-3-14)24(13-32)8-6-16(7-9-24)25(27,28)29/h2-5,10-12,16,31-32H,6-9,13H2,1H3,(H,33,34). The Morgan fingerprint density at radius 1 is 1.24 bits per heavy atom. The minimum Gasteiger partial charge on any atom is -0.495 e. The highest BCUT2D eigenvalue weighted by atomic mass is 32.2. The van der Waals surface area contributed by atoms with Crippen LogP contribution in [0.2, 0.25) is 0 Å². The van der Waals surface area contributed by atoms with E-state index in [-0.39, 0.29) is 43.7 Å². The number of benzene rings is 2. The van der Waals surface area contributed by atoms with Gasteiger partial charge >= 0.3 is 12.1 Å². The summed E-state index contributed by atoms with van der Waals surface area (Å²) < 4.78 is 61.4. The largest absolute Gasteiger partial charge is 0.495 e. The monoisotopic (exact) mass is 556 g/mol. The quantitative estimate of drug-likeness (QED) is 0.209. The van der Waals surface area contributed by atoms with Gasteiger partial charge in [-0.3, -0.25) is 0 Å². The summed E-state index contributed by atoms with van der Waals surface area (Å²) in [6, 6.07) is 9.50. The number of aromatic nitrogens is 1. The number of thiazole rings is 1. The van der Waals surface area contributed by atoms with Crippen LogP contribution in [0.1, 0.15) is 41.6 Å². The zero-order valence-corrected chi connectivity index (χ0v) is 21.3. The third kappa shape index (κ3) is 5.86. The molecule has 6 nitrogen and oxygen atoms in total. The summed E-state index contributed by atoms with van der Waals surface area (Å²) in [5.41, 5.74) is 0.698. The molecule has 0 atom stereocenters. The fraction of sp³-hybridized carbons (Fsp3) is 0.360. The van der Waals surface area contributed by atoms with E-state index in [0.717, 1.165) is 35.2 Å². The van der Waals surface area contributed by atoms with Gasteiger partial charge in [0.2, 0.25) is 0 Å². The van der Waals surface area contributed by atoms with Crippen LogP contribution in [-0.2, 0) is 5.41 Å². The fourth-order valence-electron chi connectivity index (χ4n) is 4.51. The molecule has 3 aromatic rings. The maximum atomic E-state index is 14.1. The number of aromatic carboxylic acids is 1. The normalized spacial score (nSPS) is 20.0. The van der Waals surface area contributed by atoms with Crippen molar-refractivity contribution in [3.05, 3.63) is 58.7 Å². The van der Waals surface area contributed by atoms with Crippen molar-refractivity contribution in [3.8, 4) is 16.3 Å². The number of nitrogens with one attached hydrogen (secondary N) is 1. The summed E-state index contributed by atoms with van der Waals surface area (Å²) in [5.74, 6) is -3.45. The first kappa shape index (κ1) is 27.2. The zero-order chi connectivity index (χ0) is 26.8. The lowest BCUT2D eigenvalue weighted by Crippen LogP contribution is -2.39. The second-order valence-electron chi connectivity index (χ2n) is 8.86. The minimum absolute atomic E-state index is 0.000403. The smallest absolute Gasteiger partial charge is 0.391 e. The number of methoxy groups -OCH3 is 1. The summed E-state index contributed by atoms with van der Waals surface area (Å²) in [7, 11) is 1.35. The van der Waals surface area contributed by atoms with Gasteiger partial charge in [0.1, 0.15) is 21.6 Å². The molecule has 0 bridgehead atoms. The molecule has 3 N–H and O–H groups in total. The van der Waals surface area contributed by atoms with E-state index in [1.54, 1.807) is 5.38 Å². The Hall–Kier alpha value is -2.83. The maximum absolute atomic E-state index is 14.1. The van der Waals surface area contributed by atoms with E-state index in [1.807, 2.05) is 24.3 Å². The second kappa shape index (κ2) is 10.9. The van der Waals surface area contributed by atoms with Gasteiger partial charge in [0.25, 0.3) is 0 Å². The molecule has 12 heteroatoms. The van der Waals surface area contributed by atoms with Crippen LogP contribution in [-0.4, -0.2) is 41.1 Å². The predicted octanol–water partition coefficient (Wildman–Crippen LogP) is 6.76. The number of aliphatic hydroxyl groups excluding tert-OH is 1. The van der Waals surface area contributed by atoms with Gasteiger partial charge in [-0.25, -0.2) is 14.2 Å². The Morgan fingerprint density at radius 3 is 2.49 bits per heavy atom. The van der Waals surface area contributed by atoms with Crippen molar-refractivity contribution in [1.82, 2.24) is 4.98 Å². The third-order valence-electron chi connectivity index (χ3n) is 6.72. The van der Waals surface area contributed by atoms with Crippen LogP contribution in [0.3, 0.4) is 0 Å². The van der Waals surface area contributed by atoms with Crippen molar-refractivity contribution in [2.24, 2.45) is 5.92 Å². The topological polar surface area (TPSA) is 91.7 Å². The van der Waals surface area contributed by atoms with Crippen LogP contribution in [0.25, 0.3) is 10.6 Å². The molecule has 1 aliphatic rings. The Balaban J connectivity index is 1.44. The van der Waals surface area contributed by atoms with Gasteiger partial charge in [-0.2, -0.15) is 13.2 Å². The van der Waals surface area contributed by atoms with Gasteiger partial charge in [0.05, 0.1) is 30.9 Å². The molecule has 0 radical (unpaired) electrons. The van der Waals surface area contributed by atoms with Crippen LogP contribution in [0, 0.1) is 11.7 Å². The zero-order valence-electron chi connectivity index (χ0n) is 19.6. The number of hydrogen-bond acceptors (Lipinski definition) is 7. The van der Waals surface area contributed by atoms with Gasteiger partial charge in [-0.05, 0) is 37.3 Å². The van der Waals surface area contributed by atoms with Crippen LogP contribution in [0.15, 0.2) is 46.8 Å². The highest BCUT2D eigenvalue weighted by Gasteiger charge is 2.46. The number of nitrogens with zero attached hydrogens (tertiary/aromatic N) is 1. The van der Waals surface area contributed by atoms with Crippen molar-refractivity contribution >= 4 is 34.9 Å². The molecule has 1 aliphatic carbocycles. The lowest BCUT2D eigenvalue weighted by atomic mass is 9.67. The molecule has 2 aromatic carbocycles. The summed E-state index contributed by atoms with van der Waals surface area (Å²) in [5, 5.41) is 22.2. The summed E-state index contributed by atoms with van der Waals surface area (Å²) in [6.45, 7) is -0.210. The Morgan fingerprint density at radius 2 is 1.92 bits per heavy atom. The Labute approximate surface area is 218 Å². The number of halogens is 4. The molecule has 1 aromatic heterocycles. The summed E-state index contributed by atoms with van der Waals surface area (Å²) in [4.78, 5) is 15.7. The van der Waals surface area contributed by atoms with Crippen molar-refractivity contribution in [3.63, 3.8) is 0 Å². The molecule has 0 spiro atoms. The first-order valence-electron chi connectivity index (χ1n) is 11.3. The number of carboxylic acid groups (broad SMARTS) is 1. The first-order valence-corrected chi connectivity index (χ1v) is 13.0. The summed E-state index contributed by atoms with van der Waals surface area (Å²) >= 11 is 2.48. The number of ether oxygens (including phenoxy) is 1. The van der Waals surface area contributed by atoms with Gasteiger partial charge in [0, 0.05) is 34.4 Å². The van der Waals surface area contributed by atoms with Gasteiger partial charge in [-0.1, -0.05) is 24.3 Å². The maximum Gasteiger partial charge on any atom is 0.391 e. The van der Waals surface area contributed by atoms with Gasteiger partial charge < -0.3 is 19.7 Å². The average molecular weight is 557 g/mol. The fourth-order valence-corrected chi connectivity index (χ4v) is 6.11. The van der Waals surface area contributed by atoms with Crippen LogP contribution in [0.5, 0.6) is 5.75 Å². The predicted molar refractivity (Wildman–Crippen MR) is 134 cm³/mol. The molecule has 0 aliphatic heterocycles. The van der Waals surface area contributed by atoms with E-state index in [1.165, 1.54) is 18.4 Å². The van der Waals surface area contributed by atoms with E-state index in [4.69, 9.17) is 9.84 Å². The minimum atomic E-state index is -4.21.